The summed E-state index contributed by atoms with van der Waals surface area (Å²) in [5.74, 6) is 1.94. The number of aromatic nitrogens is 4. The van der Waals surface area contributed by atoms with Crippen molar-refractivity contribution >= 4 is 22.7 Å². The number of para-hydroxylation sites is 1. The van der Waals surface area contributed by atoms with Crippen molar-refractivity contribution in [2.75, 3.05) is 32.1 Å². The molecule has 0 saturated carbocycles. The van der Waals surface area contributed by atoms with E-state index in [1.54, 1.807) is 0 Å². The van der Waals surface area contributed by atoms with E-state index in [-0.39, 0.29) is 0 Å². The van der Waals surface area contributed by atoms with E-state index in [0.29, 0.717) is 0 Å². The first-order chi connectivity index (χ1) is 13.3. The number of hydrogen-bond acceptors (Lipinski definition) is 6. The zero-order chi connectivity index (χ0) is 18.5. The molecular weight excluding hydrogens is 358 g/mol. The van der Waals surface area contributed by atoms with Gasteiger partial charge in [-0.25, -0.2) is 9.97 Å². The predicted octanol–water partition coefficient (Wildman–Crippen LogP) is 2.92. The van der Waals surface area contributed by atoms with Crippen LogP contribution in [-0.2, 0) is 24.8 Å². The second-order valence-corrected chi connectivity index (χ2v) is 7.91. The van der Waals surface area contributed by atoms with Crippen molar-refractivity contribution in [3.8, 4) is 0 Å². The van der Waals surface area contributed by atoms with Gasteiger partial charge in [0.05, 0.1) is 31.5 Å². The Morgan fingerprint density at radius 3 is 2.81 bits per heavy atom. The summed E-state index contributed by atoms with van der Waals surface area (Å²) < 4.78 is 7.30. The van der Waals surface area contributed by atoms with Crippen molar-refractivity contribution in [2.45, 2.75) is 24.4 Å². The molecule has 0 N–H and O–H groups in total. The number of hydrogen-bond donors (Lipinski definition) is 0. The third-order valence-electron chi connectivity index (χ3n) is 4.69. The molecule has 1 saturated heterocycles. The van der Waals surface area contributed by atoms with Crippen molar-refractivity contribution in [1.82, 2.24) is 24.6 Å². The van der Waals surface area contributed by atoms with Gasteiger partial charge in [0, 0.05) is 31.7 Å². The van der Waals surface area contributed by atoms with Crippen LogP contribution in [0.4, 0.5) is 0 Å². The van der Waals surface area contributed by atoms with Gasteiger partial charge in [-0.1, -0.05) is 18.2 Å². The van der Waals surface area contributed by atoms with E-state index in [1.807, 2.05) is 35.8 Å². The normalized spacial score (nSPS) is 15.4. The van der Waals surface area contributed by atoms with Gasteiger partial charge in [0.25, 0.3) is 0 Å². The Hall–Kier alpha value is -1.96. The number of morpholine rings is 1. The molecule has 0 spiro atoms. The monoisotopic (exact) mass is 383 g/mol. The Bertz CT molecular complexity index is 891. The highest BCUT2D eigenvalue weighted by Crippen LogP contribution is 2.26. The number of fused-ring (bicyclic) bond motifs is 1. The summed E-state index contributed by atoms with van der Waals surface area (Å²) in [6.07, 6.45) is 6.19. The molecule has 0 unspecified atom stereocenters. The fourth-order valence-corrected chi connectivity index (χ4v) is 4.26. The molecule has 1 aliphatic rings. The van der Waals surface area contributed by atoms with Gasteiger partial charge in [0.2, 0.25) is 0 Å². The Labute approximate surface area is 163 Å². The van der Waals surface area contributed by atoms with Gasteiger partial charge in [-0.3, -0.25) is 9.58 Å². The van der Waals surface area contributed by atoms with Gasteiger partial charge in [0.1, 0.15) is 10.9 Å². The molecule has 0 amide bonds. The number of ether oxygens (including phenoxy) is 1. The molecule has 142 valence electrons. The van der Waals surface area contributed by atoms with Crippen LogP contribution >= 0.6 is 11.8 Å². The molecule has 1 aliphatic heterocycles. The van der Waals surface area contributed by atoms with Gasteiger partial charge in [0.15, 0.2) is 0 Å². The standard InChI is InChI=1S/C20H25N5OS/c1-24-14-16(13-21-24)5-4-12-27-20-17-6-2-3-7-18(17)22-19(23-20)15-25-8-10-26-11-9-25/h2-3,6-7,13-14H,4-5,8-12,15H2,1H3. The van der Waals surface area contributed by atoms with Crippen molar-refractivity contribution in [1.29, 1.82) is 0 Å². The molecule has 3 aromatic rings. The highest BCUT2D eigenvalue weighted by Gasteiger charge is 2.14. The average molecular weight is 384 g/mol. The van der Waals surface area contributed by atoms with E-state index in [4.69, 9.17) is 14.7 Å². The van der Waals surface area contributed by atoms with Gasteiger partial charge >= 0.3 is 0 Å². The van der Waals surface area contributed by atoms with Crippen molar-refractivity contribution in [3.63, 3.8) is 0 Å². The lowest BCUT2D eigenvalue weighted by Gasteiger charge is -2.25. The Morgan fingerprint density at radius 1 is 1.15 bits per heavy atom. The van der Waals surface area contributed by atoms with Crippen LogP contribution in [0, 0.1) is 0 Å². The van der Waals surface area contributed by atoms with Crippen LogP contribution in [0.5, 0.6) is 0 Å². The maximum absolute atomic E-state index is 5.44. The largest absolute Gasteiger partial charge is 0.379 e. The molecule has 1 aromatic carbocycles. The summed E-state index contributed by atoms with van der Waals surface area (Å²) in [6.45, 7) is 4.28. The molecule has 0 atom stereocenters. The lowest BCUT2D eigenvalue weighted by Crippen LogP contribution is -2.36. The molecule has 0 bridgehead atoms. The molecule has 7 heteroatoms. The smallest absolute Gasteiger partial charge is 0.144 e. The van der Waals surface area contributed by atoms with E-state index in [0.717, 1.165) is 73.2 Å². The molecule has 0 aliphatic carbocycles. The molecule has 27 heavy (non-hydrogen) atoms. The molecule has 2 aromatic heterocycles. The van der Waals surface area contributed by atoms with E-state index in [1.165, 1.54) is 5.56 Å². The van der Waals surface area contributed by atoms with Gasteiger partial charge in [-0.2, -0.15) is 5.10 Å². The summed E-state index contributed by atoms with van der Waals surface area (Å²) >= 11 is 1.83. The maximum atomic E-state index is 5.44. The van der Waals surface area contributed by atoms with Crippen molar-refractivity contribution in [2.24, 2.45) is 7.05 Å². The zero-order valence-electron chi connectivity index (χ0n) is 15.7. The van der Waals surface area contributed by atoms with E-state index >= 15 is 0 Å². The van der Waals surface area contributed by atoms with Gasteiger partial charge in [-0.05, 0) is 30.2 Å². The summed E-state index contributed by atoms with van der Waals surface area (Å²) in [5, 5.41) is 6.48. The predicted molar refractivity (Wildman–Crippen MR) is 108 cm³/mol. The third-order valence-corrected chi connectivity index (χ3v) is 5.77. The Balaban J connectivity index is 1.44. The highest BCUT2D eigenvalue weighted by atomic mass is 32.2. The highest BCUT2D eigenvalue weighted by molar-refractivity contribution is 7.99. The van der Waals surface area contributed by atoms with Crippen LogP contribution in [0.25, 0.3) is 10.9 Å². The van der Waals surface area contributed by atoms with E-state index in [9.17, 15) is 0 Å². The number of benzene rings is 1. The lowest BCUT2D eigenvalue weighted by molar-refractivity contribution is 0.0330. The van der Waals surface area contributed by atoms with Crippen LogP contribution in [-0.4, -0.2) is 56.7 Å². The first-order valence-corrected chi connectivity index (χ1v) is 10.4. The summed E-state index contributed by atoms with van der Waals surface area (Å²) in [7, 11) is 1.96. The average Bonchev–Trinajstić information content (AvgIpc) is 3.11. The van der Waals surface area contributed by atoms with Crippen molar-refractivity contribution in [3.05, 3.63) is 48.0 Å². The van der Waals surface area contributed by atoms with Crippen LogP contribution in [0.3, 0.4) is 0 Å². The molecular formula is C20H25N5OS. The minimum atomic E-state index is 0.789. The molecule has 0 radical (unpaired) electrons. The summed E-state index contributed by atoms with van der Waals surface area (Å²) in [4.78, 5) is 12.1. The number of nitrogens with zero attached hydrogens (tertiary/aromatic N) is 5. The Morgan fingerprint density at radius 2 is 2.00 bits per heavy atom. The Kier molecular flexibility index (Phi) is 6.01. The molecule has 1 fully saturated rings. The first kappa shape index (κ1) is 18.4. The van der Waals surface area contributed by atoms with E-state index in [2.05, 4.69) is 34.4 Å². The minimum absolute atomic E-state index is 0.789. The summed E-state index contributed by atoms with van der Waals surface area (Å²) in [6, 6.07) is 8.31. The van der Waals surface area contributed by atoms with E-state index < -0.39 is 0 Å². The fourth-order valence-electron chi connectivity index (χ4n) is 3.28. The third kappa shape index (κ3) is 4.86. The molecule has 3 heterocycles. The van der Waals surface area contributed by atoms with Gasteiger partial charge in [-0.15, -0.1) is 11.8 Å². The van der Waals surface area contributed by atoms with Crippen LogP contribution in [0.2, 0.25) is 0 Å². The maximum Gasteiger partial charge on any atom is 0.144 e. The SMILES string of the molecule is Cn1cc(CCCSc2nc(CN3CCOCC3)nc3ccccc23)cn1. The second kappa shape index (κ2) is 8.82. The number of thioether (sulfide) groups is 1. The number of aryl methyl sites for hydroxylation is 2. The number of rotatable bonds is 7. The van der Waals surface area contributed by atoms with Crippen molar-refractivity contribution < 1.29 is 4.74 Å². The second-order valence-electron chi connectivity index (χ2n) is 6.82. The topological polar surface area (TPSA) is 56.1 Å². The molecule has 4 rings (SSSR count). The van der Waals surface area contributed by atoms with Gasteiger partial charge < -0.3 is 4.74 Å². The van der Waals surface area contributed by atoms with Crippen LogP contribution in [0.1, 0.15) is 17.8 Å². The van der Waals surface area contributed by atoms with Crippen LogP contribution in [0.15, 0.2) is 41.7 Å². The van der Waals surface area contributed by atoms with Crippen LogP contribution < -0.4 is 0 Å². The zero-order valence-corrected chi connectivity index (χ0v) is 16.5. The summed E-state index contributed by atoms with van der Waals surface area (Å²) in [5.41, 5.74) is 2.32. The first-order valence-electron chi connectivity index (χ1n) is 9.44. The molecule has 6 nitrogen and oxygen atoms in total. The minimum Gasteiger partial charge on any atom is -0.379 e. The fraction of sp³-hybridized carbons (Fsp3) is 0.450. The quantitative estimate of drug-likeness (QED) is 0.355. The lowest BCUT2D eigenvalue weighted by atomic mass is 10.2.